The molecular weight excluding hydrogens is 397 g/mol. The molecule has 0 aliphatic heterocycles. The van der Waals surface area contributed by atoms with Gasteiger partial charge in [-0.25, -0.2) is 4.39 Å². The molecule has 2 aromatic rings. The van der Waals surface area contributed by atoms with E-state index in [-0.39, 0.29) is 10.7 Å². The van der Waals surface area contributed by atoms with Gasteiger partial charge >= 0.3 is 0 Å². The van der Waals surface area contributed by atoms with Crippen LogP contribution in [0.4, 0.5) is 4.39 Å². The van der Waals surface area contributed by atoms with Crippen LogP contribution in [-0.4, -0.2) is 4.99 Å². The van der Waals surface area contributed by atoms with Crippen molar-refractivity contribution in [2.24, 2.45) is 5.73 Å². The van der Waals surface area contributed by atoms with E-state index in [2.05, 4.69) is 31.9 Å². The van der Waals surface area contributed by atoms with Crippen LogP contribution in [0.5, 0.6) is 11.5 Å². The number of hydrogen-bond acceptors (Lipinski definition) is 2. The van der Waals surface area contributed by atoms with Gasteiger partial charge in [0.05, 0.1) is 5.56 Å². The number of ether oxygens (including phenoxy) is 1. The van der Waals surface area contributed by atoms with E-state index in [0.29, 0.717) is 15.8 Å². The molecule has 19 heavy (non-hydrogen) atoms. The summed E-state index contributed by atoms with van der Waals surface area (Å²) >= 11 is 11.5. The summed E-state index contributed by atoms with van der Waals surface area (Å²) in [6.45, 7) is 0. The average Bonchev–Trinajstić information content (AvgIpc) is 2.32. The molecule has 98 valence electrons. The molecule has 0 amide bonds. The molecule has 0 unspecified atom stereocenters. The van der Waals surface area contributed by atoms with Crippen LogP contribution in [0.15, 0.2) is 45.3 Å². The Labute approximate surface area is 132 Å². The predicted octanol–water partition coefficient (Wildman–Crippen LogP) is 4.78. The van der Waals surface area contributed by atoms with Crippen molar-refractivity contribution in [3.05, 3.63) is 56.7 Å². The van der Waals surface area contributed by atoms with Crippen molar-refractivity contribution in [1.29, 1.82) is 0 Å². The standard InChI is InChI=1S/C13H8Br2FNOS/c14-7-2-4-11(10(16)5-7)18-12-6-8(15)1-3-9(12)13(17)19/h1-6H,(H2,17,19). The lowest BCUT2D eigenvalue weighted by atomic mass is 10.2. The largest absolute Gasteiger partial charge is 0.454 e. The molecule has 0 aromatic heterocycles. The van der Waals surface area contributed by atoms with Gasteiger partial charge < -0.3 is 10.5 Å². The zero-order valence-electron chi connectivity index (χ0n) is 9.49. The Balaban J connectivity index is 2.42. The number of rotatable bonds is 3. The molecule has 2 nitrogen and oxygen atoms in total. The first-order valence-corrected chi connectivity index (χ1v) is 7.19. The van der Waals surface area contributed by atoms with Crippen molar-refractivity contribution in [2.75, 3.05) is 0 Å². The summed E-state index contributed by atoms with van der Waals surface area (Å²) < 4.78 is 20.7. The van der Waals surface area contributed by atoms with Gasteiger partial charge in [-0.3, -0.25) is 0 Å². The molecule has 0 bridgehead atoms. The van der Waals surface area contributed by atoms with Crippen LogP contribution in [0.3, 0.4) is 0 Å². The van der Waals surface area contributed by atoms with Crippen LogP contribution < -0.4 is 10.5 Å². The molecule has 0 fully saturated rings. The predicted molar refractivity (Wildman–Crippen MR) is 84.2 cm³/mol. The first kappa shape index (κ1) is 14.4. The maximum absolute atomic E-state index is 13.7. The molecule has 0 radical (unpaired) electrons. The maximum Gasteiger partial charge on any atom is 0.166 e. The molecule has 2 aromatic carbocycles. The molecule has 0 saturated carbocycles. The van der Waals surface area contributed by atoms with E-state index >= 15 is 0 Å². The normalized spacial score (nSPS) is 10.3. The van der Waals surface area contributed by atoms with Crippen LogP contribution >= 0.6 is 44.1 Å². The summed E-state index contributed by atoms with van der Waals surface area (Å²) in [6.07, 6.45) is 0. The fourth-order valence-electron chi connectivity index (χ4n) is 1.46. The highest BCUT2D eigenvalue weighted by atomic mass is 79.9. The molecule has 0 spiro atoms. The Kier molecular flexibility index (Phi) is 4.54. The Morgan fingerprint density at radius 2 is 1.68 bits per heavy atom. The van der Waals surface area contributed by atoms with E-state index in [1.807, 2.05) is 0 Å². The molecule has 0 saturated heterocycles. The average molecular weight is 405 g/mol. The molecular formula is C13H8Br2FNOS. The second-order valence-electron chi connectivity index (χ2n) is 3.68. The van der Waals surface area contributed by atoms with Gasteiger partial charge in [0, 0.05) is 8.95 Å². The van der Waals surface area contributed by atoms with Crippen molar-refractivity contribution in [3.8, 4) is 11.5 Å². The quantitative estimate of drug-likeness (QED) is 0.747. The van der Waals surface area contributed by atoms with Gasteiger partial charge in [0.2, 0.25) is 0 Å². The summed E-state index contributed by atoms with van der Waals surface area (Å²) in [5.74, 6) is 0.0464. The zero-order chi connectivity index (χ0) is 14.0. The third kappa shape index (κ3) is 3.52. The number of hydrogen-bond donors (Lipinski definition) is 1. The van der Waals surface area contributed by atoms with E-state index in [9.17, 15) is 4.39 Å². The molecule has 2 N–H and O–H groups in total. The molecule has 2 rings (SSSR count). The van der Waals surface area contributed by atoms with E-state index in [1.54, 1.807) is 24.3 Å². The fraction of sp³-hybridized carbons (Fsp3) is 0. The van der Waals surface area contributed by atoms with Crippen LogP contribution in [0.2, 0.25) is 0 Å². The van der Waals surface area contributed by atoms with E-state index in [4.69, 9.17) is 22.7 Å². The van der Waals surface area contributed by atoms with E-state index < -0.39 is 5.82 Å². The molecule has 0 heterocycles. The van der Waals surface area contributed by atoms with Crippen molar-refractivity contribution >= 4 is 49.1 Å². The van der Waals surface area contributed by atoms with Gasteiger partial charge in [0.25, 0.3) is 0 Å². The summed E-state index contributed by atoms with van der Waals surface area (Å²) in [5, 5.41) is 0. The smallest absolute Gasteiger partial charge is 0.166 e. The topological polar surface area (TPSA) is 35.2 Å². The molecule has 0 aliphatic carbocycles. The highest BCUT2D eigenvalue weighted by Crippen LogP contribution is 2.31. The van der Waals surface area contributed by atoms with Crippen molar-refractivity contribution in [3.63, 3.8) is 0 Å². The van der Waals surface area contributed by atoms with Crippen LogP contribution in [0.25, 0.3) is 0 Å². The second kappa shape index (κ2) is 5.98. The molecule has 0 atom stereocenters. The third-order valence-corrected chi connectivity index (χ3v) is 3.53. The molecule has 6 heteroatoms. The van der Waals surface area contributed by atoms with Gasteiger partial charge in [0.15, 0.2) is 11.6 Å². The van der Waals surface area contributed by atoms with Crippen LogP contribution in [0.1, 0.15) is 5.56 Å². The van der Waals surface area contributed by atoms with Crippen molar-refractivity contribution in [2.45, 2.75) is 0 Å². The minimum Gasteiger partial charge on any atom is -0.454 e. The van der Waals surface area contributed by atoms with Gasteiger partial charge in [-0.1, -0.05) is 44.1 Å². The zero-order valence-corrected chi connectivity index (χ0v) is 13.5. The monoisotopic (exact) mass is 403 g/mol. The summed E-state index contributed by atoms with van der Waals surface area (Å²) in [6, 6.07) is 9.75. The first-order chi connectivity index (χ1) is 8.97. The minimum absolute atomic E-state index is 0.110. The highest BCUT2D eigenvalue weighted by Gasteiger charge is 2.11. The Hall–Kier alpha value is -0.980. The second-order valence-corrected chi connectivity index (χ2v) is 5.95. The van der Waals surface area contributed by atoms with E-state index in [1.165, 1.54) is 12.1 Å². The third-order valence-electron chi connectivity index (χ3n) is 2.32. The number of benzene rings is 2. The number of thiocarbonyl (C=S) groups is 1. The Morgan fingerprint density at radius 3 is 2.32 bits per heavy atom. The maximum atomic E-state index is 13.7. The van der Waals surface area contributed by atoms with Gasteiger partial charge in [-0.2, -0.15) is 0 Å². The summed E-state index contributed by atoms with van der Waals surface area (Å²) in [4.78, 5) is 0.194. The van der Waals surface area contributed by atoms with Crippen LogP contribution in [-0.2, 0) is 0 Å². The Bertz CT molecular complexity index is 649. The lowest BCUT2D eigenvalue weighted by Gasteiger charge is -2.11. The lowest BCUT2D eigenvalue weighted by Crippen LogP contribution is -2.10. The van der Waals surface area contributed by atoms with Gasteiger partial charge in [-0.15, -0.1) is 0 Å². The van der Waals surface area contributed by atoms with Gasteiger partial charge in [0.1, 0.15) is 10.7 Å². The van der Waals surface area contributed by atoms with Crippen LogP contribution in [0, 0.1) is 5.82 Å². The number of halogens is 3. The van der Waals surface area contributed by atoms with Gasteiger partial charge in [-0.05, 0) is 36.4 Å². The summed E-state index contributed by atoms with van der Waals surface area (Å²) in [7, 11) is 0. The molecule has 0 aliphatic rings. The number of nitrogens with two attached hydrogens (primary N) is 1. The first-order valence-electron chi connectivity index (χ1n) is 5.19. The van der Waals surface area contributed by atoms with E-state index in [0.717, 1.165) is 4.47 Å². The summed E-state index contributed by atoms with van der Waals surface area (Å²) in [5.41, 5.74) is 6.17. The SMILES string of the molecule is NC(=S)c1ccc(Br)cc1Oc1ccc(Br)cc1F. The minimum atomic E-state index is -0.469. The Morgan fingerprint density at radius 1 is 1.05 bits per heavy atom. The van der Waals surface area contributed by atoms with Crippen molar-refractivity contribution in [1.82, 2.24) is 0 Å². The fourth-order valence-corrected chi connectivity index (χ4v) is 2.30. The lowest BCUT2D eigenvalue weighted by molar-refractivity contribution is 0.441. The highest BCUT2D eigenvalue weighted by molar-refractivity contribution is 9.10. The van der Waals surface area contributed by atoms with Crippen molar-refractivity contribution < 1.29 is 9.13 Å².